The number of piperazine rings is 1. The van der Waals surface area contributed by atoms with Gasteiger partial charge in [-0.3, -0.25) is 14.5 Å². The van der Waals surface area contributed by atoms with Gasteiger partial charge in [0.1, 0.15) is 0 Å². The van der Waals surface area contributed by atoms with Gasteiger partial charge in [-0.25, -0.2) is 0 Å². The van der Waals surface area contributed by atoms with Crippen LogP contribution in [0.5, 0.6) is 0 Å². The van der Waals surface area contributed by atoms with Crippen LogP contribution in [-0.2, 0) is 9.59 Å². The molecule has 1 aliphatic rings. The first-order valence-corrected chi connectivity index (χ1v) is 8.18. The number of anilines is 1. The third kappa shape index (κ3) is 6.00. The Kier molecular flexibility index (Phi) is 7.03. The lowest BCUT2D eigenvalue weighted by Gasteiger charge is -2.34. The molecule has 0 bridgehead atoms. The van der Waals surface area contributed by atoms with E-state index in [0.717, 1.165) is 31.7 Å². The quantitative estimate of drug-likeness (QED) is 0.729. The second-order valence-corrected chi connectivity index (χ2v) is 5.78. The molecule has 2 amide bonds. The van der Waals surface area contributed by atoms with E-state index in [1.807, 2.05) is 42.3 Å². The highest BCUT2D eigenvalue weighted by molar-refractivity contribution is 5.92. The van der Waals surface area contributed by atoms with Crippen molar-refractivity contribution >= 4 is 17.5 Å². The molecule has 6 heteroatoms. The molecule has 0 aromatic heterocycles. The number of rotatable bonds is 7. The fourth-order valence-electron chi connectivity index (χ4n) is 2.65. The Morgan fingerprint density at radius 3 is 2.43 bits per heavy atom. The predicted molar refractivity (Wildman–Crippen MR) is 91.3 cm³/mol. The second kappa shape index (κ2) is 9.27. The molecule has 1 heterocycles. The van der Waals surface area contributed by atoms with Crippen LogP contribution in [0.15, 0.2) is 30.3 Å². The molecule has 126 valence electrons. The van der Waals surface area contributed by atoms with E-state index in [2.05, 4.69) is 15.5 Å². The number of carbonyl (C=O) groups is 2. The molecule has 0 spiro atoms. The first-order chi connectivity index (χ1) is 11.2. The zero-order valence-electron chi connectivity index (χ0n) is 13.8. The summed E-state index contributed by atoms with van der Waals surface area (Å²) in [5, 5.41) is 5.94. The van der Waals surface area contributed by atoms with Crippen molar-refractivity contribution < 1.29 is 9.59 Å². The largest absolute Gasteiger partial charge is 0.340 e. The average Bonchev–Trinajstić information content (AvgIpc) is 2.56. The van der Waals surface area contributed by atoms with E-state index in [0.29, 0.717) is 26.1 Å². The maximum Gasteiger partial charge on any atom is 0.238 e. The number of benzene rings is 1. The fraction of sp³-hybridized carbons (Fsp3) is 0.529. The molecular formula is C17H26N4O2. The summed E-state index contributed by atoms with van der Waals surface area (Å²) in [6, 6.07) is 9.46. The molecule has 1 aromatic rings. The fourth-order valence-corrected chi connectivity index (χ4v) is 2.65. The predicted octanol–water partition coefficient (Wildman–Crippen LogP) is 0.769. The standard InChI is InChI=1S/C17H26N4O2/c1-18-9-5-8-17(23)21-12-10-20(11-13-21)14-16(22)19-15-6-3-2-4-7-15/h2-4,6-7,18H,5,8-14H2,1H3,(H,19,22). The van der Waals surface area contributed by atoms with Crippen LogP contribution in [0.4, 0.5) is 5.69 Å². The van der Waals surface area contributed by atoms with E-state index < -0.39 is 0 Å². The van der Waals surface area contributed by atoms with Crippen LogP contribution >= 0.6 is 0 Å². The average molecular weight is 318 g/mol. The Bertz CT molecular complexity index is 499. The van der Waals surface area contributed by atoms with Gasteiger partial charge in [0.25, 0.3) is 0 Å². The van der Waals surface area contributed by atoms with Gasteiger partial charge >= 0.3 is 0 Å². The monoisotopic (exact) mass is 318 g/mol. The molecule has 23 heavy (non-hydrogen) atoms. The Balaban J connectivity index is 1.68. The summed E-state index contributed by atoms with van der Waals surface area (Å²) in [4.78, 5) is 28.1. The summed E-state index contributed by atoms with van der Waals surface area (Å²) in [7, 11) is 1.89. The summed E-state index contributed by atoms with van der Waals surface area (Å²) < 4.78 is 0. The molecule has 2 N–H and O–H groups in total. The van der Waals surface area contributed by atoms with E-state index in [1.165, 1.54) is 0 Å². The molecule has 1 aromatic carbocycles. The Morgan fingerprint density at radius 2 is 1.78 bits per heavy atom. The highest BCUT2D eigenvalue weighted by atomic mass is 16.2. The minimum Gasteiger partial charge on any atom is -0.340 e. The summed E-state index contributed by atoms with van der Waals surface area (Å²) in [5.74, 6) is 0.207. The minimum atomic E-state index is -0.00926. The van der Waals surface area contributed by atoms with Crippen LogP contribution in [0.2, 0.25) is 0 Å². The van der Waals surface area contributed by atoms with Gasteiger partial charge in [-0.1, -0.05) is 18.2 Å². The number of hydrogen-bond acceptors (Lipinski definition) is 4. The first-order valence-electron chi connectivity index (χ1n) is 8.18. The number of nitrogens with zero attached hydrogens (tertiary/aromatic N) is 2. The minimum absolute atomic E-state index is 0.00926. The summed E-state index contributed by atoms with van der Waals surface area (Å²) in [6.07, 6.45) is 1.46. The Morgan fingerprint density at radius 1 is 1.09 bits per heavy atom. The molecule has 0 aliphatic carbocycles. The van der Waals surface area contributed by atoms with E-state index in [4.69, 9.17) is 0 Å². The maximum absolute atomic E-state index is 12.0. The number of amides is 2. The molecule has 1 aliphatic heterocycles. The molecule has 0 radical (unpaired) electrons. The van der Waals surface area contributed by atoms with Gasteiger partial charge in [0.15, 0.2) is 0 Å². The summed E-state index contributed by atoms with van der Waals surface area (Å²) in [5.41, 5.74) is 0.816. The molecular weight excluding hydrogens is 292 g/mol. The molecule has 0 unspecified atom stereocenters. The van der Waals surface area contributed by atoms with Crippen LogP contribution in [0.3, 0.4) is 0 Å². The van der Waals surface area contributed by atoms with Crippen LogP contribution in [0.25, 0.3) is 0 Å². The highest BCUT2D eigenvalue weighted by Crippen LogP contribution is 2.07. The second-order valence-electron chi connectivity index (χ2n) is 5.78. The smallest absolute Gasteiger partial charge is 0.238 e. The Hall–Kier alpha value is -1.92. The van der Waals surface area contributed by atoms with Gasteiger partial charge < -0.3 is 15.5 Å². The lowest BCUT2D eigenvalue weighted by Crippen LogP contribution is -2.50. The van der Waals surface area contributed by atoms with Crippen LogP contribution in [-0.4, -0.2) is 67.9 Å². The zero-order chi connectivity index (χ0) is 16.5. The molecule has 1 fully saturated rings. The molecule has 1 saturated heterocycles. The summed E-state index contributed by atoms with van der Waals surface area (Å²) in [6.45, 7) is 4.15. The lowest BCUT2D eigenvalue weighted by molar-refractivity contribution is -0.133. The van der Waals surface area contributed by atoms with Gasteiger partial charge in [0.2, 0.25) is 11.8 Å². The van der Waals surface area contributed by atoms with Crippen molar-refractivity contribution in [3.8, 4) is 0 Å². The van der Waals surface area contributed by atoms with Crippen molar-refractivity contribution in [1.82, 2.24) is 15.1 Å². The normalized spacial score (nSPS) is 15.4. The topological polar surface area (TPSA) is 64.7 Å². The SMILES string of the molecule is CNCCCC(=O)N1CCN(CC(=O)Nc2ccccc2)CC1. The summed E-state index contributed by atoms with van der Waals surface area (Å²) >= 11 is 0. The lowest BCUT2D eigenvalue weighted by atomic mass is 10.2. The third-order valence-electron chi connectivity index (χ3n) is 3.97. The van der Waals surface area contributed by atoms with Gasteiger partial charge in [-0.05, 0) is 32.1 Å². The van der Waals surface area contributed by atoms with Gasteiger partial charge in [-0.2, -0.15) is 0 Å². The van der Waals surface area contributed by atoms with Gasteiger partial charge in [0.05, 0.1) is 6.54 Å². The van der Waals surface area contributed by atoms with Gasteiger partial charge in [-0.15, -0.1) is 0 Å². The number of hydrogen-bond donors (Lipinski definition) is 2. The van der Waals surface area contributed by atoms with Crippen molar-refractivity contribution in [2.24, 2.45) is 0 Å². The van der Waals surface area contributed by atoms with Gasteiger partial charge in [0, 0.05) is 38.3 Å². The van der Waals surface area contributed by atoms with Crippen molar-refractivity contribution in [3.63, 3.8) is 0 Å². The molecule has 6 nitrogen and oxygen atoms in total. The first kappa shape index (κ1) is 17.4. The number of para-hydroxylation sites is 1. The van der Waals surface area contributed by atoms with E-state index in [1.54, 1.807) is 0 Å². The van der Waals surface area contributed by atoms with Crippen molar-refractivity contribution in [2.75, 3.05) is 51.6 Å². The van der Waals surface area contributed by atoms with Crippen molar-refractivity contribution in [2.45, 2.75) is 12.8 Å². The maximum atomic E-state index is 12.0. The van der Waals surface area contributed by atoms with Crippen LogP contribution in [0, 0.1) is 0 Å². The molecule has 0 atom stereocenters. The van der Waals surface area contributed by atoms with Crippen LogP contribution in [0.1, 0.15) is 12.8 Å². The third-order valence-corrected chi connectivity index (χ3v) is 3.97. The molecule has 2 rings (SSSR count). The van der Waals surface area contributed by atoms with Crippen LogP contribution < -0.4 is 10.6 Å². The van der Waals surface area contributed by atoms with E-state index >= 15 is 0 Å². The highest BCUT2D eigenvalue weighted by Gasteiger charge is 2.21. The van der Waals surface area contributed by atoms with E-state index in [9.17, 15) is 9.59 Å². The van der Waals surface area contributed by atoms with E-state index in [-0.39, 0.29) is 11.8 Å². The van der Waals surface area contributed by atoms with Crippen molar-refractivity contribution in [3.05, 3.63) is 30.3 Å². The Labute approximate surface area is 137 Å². The van der Waals surface area contributed by atoms with Crippen molar-refractivity contribution in [1.29, 1.82) is 0 Å². The number of nitrogens with one attached hydrogen (secondary N) is 2. The number of carbonyl (C=O) groups excluding carboxylic acids is 2. The zero-order valence-corrected chi connectivity index (χ0v) is 13.8. The molecule has 0 saturated carbocycles.